The summed E-state index contributed by atoms with van der Waals surface area (Å²) in [6, 6.07) is 22.0. The van der Waals surface area contributed by atoms with E-state index in [1.807, 2.05) is 60.4 Å². The number of aryl methyl sites for hydroxylation is 2. The molecule has 2 aromatic carbocycles. The van der Waals surface area contributed by atoms with Crippen molar-refractivity contribution in [2.45, 2.75) is 38.6 Å². The van der Waals surface area contributed by atoms with Crippen molar-refractivity contribution in [3.63, 3.8) is 0 Å². The number of H-pyrrole nitrogens is 1. The molecule has 4 heteroatoms. The summed E-state index contributed by atoms with van der Waals surface area (Å²) in [4.78, 5) is 30.6. The molecular weight excluding hydrogens is 360 g/mol. The average molecular weight is 386 g/mol. The summed E-state index contributed by atoms with van der Waals surface area (Å²) in [5.41, 5.74) is 4.00. The second kappa shape index (κ2) is 8.48. The van der Waals surface area contributed by atoms with E-state index in [1.165, 1.54) is 5.56 Å². The lowest BCUT2D eigenvalue weighted by Crippen LogP contribution is -2.38. The van der Waals surface area contributed by atoms with E-state index in [2.05, 4.69) is 17.1 Å². The van der Waals surface area contributed by atoms with Gasteiger partial charge >= 0.3 is 0 Å². The fourth-order valence-corrected chi connectivity index (χ4v) is 4.16. The first-order valence-electron chi connectivity index (χ1n) is 10.3. The Morgan fingerprint density at radius 1 is 1.07 bits per heavy atom. The van der Waals surface area contributed by atoms with E-state index < -0.39 is 0 Å². The van der Waals surface area contributed by atoms with Crippen LogP contribution in [-0.4, -0.2) is 28.4 Å². The Balaban J connectivity index is 1.50. The van der Waals surface area contributed by atoms with E-state index in [-0.39, 0.29) is 23.1 Å². The molecule has 148 valence electrons. The van der Waals surface area contributed by atoms with Gasteiger partial charge in [0, 0.05) is 18.3 Å². The van der Waals surface area contributed by atoms with Gasteiger partial charge in [-0.2, -0.15) is 0 Å². The van der Waals surface area contributed by atoms with Crippen LogP contribution in [0.1, 0.15) is 40.7 Å². The number of nitrogens with zero attached hydrogens (tertiary/aromatic N) is 1. The maximum Gasteiger partial charge on any atom is 0.261 e. The molecule has 1 amide bonds. The van der Waals surface area contributed by atoms with Gasteiger partial charge in [0.2, 0.25) is 0 Å². The van der Waals surface area contributed by atoms with Crippen LogP contribution in [0, 0.1) is 6.92 Å². The number of nitrogens with one attached hydrogen (secondary N) is 1. The molecule has 1 unspecified atom stereocenters. The van der Waals surface area contributed by atoms with Crippen LogP contribution >= 0.6 is 0 Å². The largest absolute Gasteiger partial charge is 0.335 e. The summed E-state index contributed by atoms with van der Waals surface area (Å²) in [7, 11) is 0. The Morgan fingerprint density at radius 2 is 1.90 bits per heavy atom. The lowest BCUT2D eigenvalue weighted by atomic mass is 10.0. The molecule has 0 radical (unpaired) electrons. The molecule has 1 aliphatic rings. The van der Waals surface area contributed by atoms with Gasteiger partial charge in [-0.1, -0.05) is 54.1 Å². The van der Waals surface area contributed by atoms with Crippen molar-refractivity contribution >= 4 is 5.91 Å². The van der Waals surface area contributed by atoms with Gasteiger partial charge in [0.05, 0.1) is 0 Å². The van der Waals surface area contributed by atoms with Crippen molar-refractivity contribution in [2.75, 3.05) is 6.54 Å². The van der Waals surface area contributed by atoms with Crippen LogP contribution < -0.4 is 5.56 Å². The predicted octanol–water partition coefficient (Wildman–Crippen LogP) is 4.59. The maximum atomic E-state index is 13.1. The SMILES string of the molecule is Cc1cccc(-c2ccc(C(=O)N3CCCC3CCc3ccccc3)c(=O)[nH]2)c1. The highest BCUT2D eigenvalue weighted by atomic mass is 16.2. The number of hydrogen-bond donors (Lipinski definition) is 1. The first-order chi connectivity index (χ1) is 14.1. The number of amides is 1. The van der Waals surface area contributed by atoms with Gasteiger partial charge in [-0.15, -0.1) is 0 Å². The number of carbonyl (C=O) groups is 1. The molecule has 0 saturated carbocycles. The first kappa shape index (κ1) is 19.2. The Morgan fingerprint density at radius 3 is 2.66 bits per heavy atom. The van der Waals surface area contributed by atoms with Crippen LogP contribution in [0.2, 0.25) is 0 Å². The van der Waals surface area contributed by atoms with Crippen molar-refractivity contribution < 1.29 is 4.79 Å². The summed E-state index contributed by atoms with van der Waals surface area (Å²) < 4.78 is 0. The molecule has 1 aromatic heterocycles. The molecular formula is C25H26N2O2. The van der Waals surface area contributed by atoms with E-state index in [4.69, 9.17) is 0 Å². The lowest BCUT2D eigenvalue weighted by molar-refractivity contribution is 0.0729. The lowest BCUT2D eigenvalue weighted by Gasteiger charge is -2.24. The molecule has 0 aliphatic carbocycles. The Bertz CT molecular complexity index is 1060. The highest BCUT2D eigenvalue weighted by Gasteiger charge is 2.30. The highest BCUT2D eigenvalue weighted by molar-refractivity contribution is 5.94. The van der Waals surface area contributed by atoms with Crippen LogP contribution in [0.3, 0.4) is 0 Å². The minimum atomic E-state index is -0.317. The number of aromatic nitrogens is 1. The molecule has 1 aliphatic heterocycles. The zero-order valence-electron chi connectivity index (χ0n) is 16.7. The van der Waals surface area contributed by atoms with Crippen LogP contribution in [0.5, 0.6) is 0 Å². The fraction of sp³-hybridized carbons (Fsp3) is 0.280. The fourth-order valence-electron chi connectivity index (χ4n) is 4.16. The van der Waals surface area contributed by atoms with Gasteiger partial charge in [-0.05, 0) is 61.9 Å². The maximum absolute atomic E-state index is 13.1. The van der Waals surface area contributed by atoms with Gasteiger partial charge in [-0.3, -0.25) is 9.59 Å². The van der Waals surface area contributed by atoms with E-state index in [9.17, 15) is 9.59 Å². The van der Waals surface area contributed by atoms with Crippen LogP contribution in [-0.2, 0) is 6.42 Å². The summed E-state index contributed by atoms with van der Waals surface area (Å²) in [5.74, 6) is -0.155. The minimum Gasteiger partial charge on any atom is -0.335 e. The smallest absolute Gasteiger partial charge is 0.261 e. The van der Waals surface area contributed by atoms with E-state index >= 15 is 0 Å². The monoisotopic (exact) mass is 386 g/mol. The number of rotatable bonds is 5. The van der Waals surface area contributed by atoms with Gasteiger partial charge in [0.15, 0.2) is 0 Å². The summed E-state index contributed by atoms with van der Waals surface area (Å²) in [6.07, 6.45) is 3.86. The number of aromatic amines is 1. The molecule has 4 nitrogen and oxygen atoms in total. The second-order valence-electron chi connectivity index (χ2n) is 7.80. The number of likely N-dealkylation sites (tertiary alicyclic amines) is 1. The van der Waals surface area contributed by atoms with Crippen LogP contribution in [0.15, 0.2) is 71.5 Å². The van der Waals surface area contributed by atoms with Gasteiger partial charge < -0.3 is 9.88 Å². The number of pyridine rings is 1. The molecule has 4 rings (SSSR count). The summed E-state index contributed by atoms with van der Waals surface area (Å²) in [6.45, 7) is 2.74. The predicted molar refractivity (Wildman–Crippen MR) is 116 cm³/mol. The van der Waals surface area contributed by atoms with Crippen molar-refractivity contribution in [3.8, 4) is 11.3 Å². The van der Waals surface area contributed by atoms with Crippen molar-refractivity contribution in [1.29, 1.82) is 0 Å². The third kappa shape index (κ3) is 4.32. The number of benzene rings is 2. The van der Waals surface area contributed by atoms with Crippen molar-refractivity contribution in [2.24, 2.45) is 0 Å². The number of carbonyl (C=O) groups excluding carboxylic acids is 1. The van der Waals surface area contributed by atoms with Crippen molar-refractivity contribution in [3.05, 3.63) is 93.8 Å². The second-order valence-corrected chi connectivity index (χ2v) is 7.80. The van der Waals surface area contributed by atoms with Gasteiger partial charge in [0.1, 0.15) is 5.56 Å². The quantitative estimate of drug-likeness (QED) is 0.697. The standard InChI is InChI=1S/C25H26N2O2/c1-18-7-5-10-20(17-18)23-15-14-22(24(28)26-23)25(29)27-16-6-11-21(27)13-12-19-8-3-2-4-9-19/h2-5,7-10,14-15,17,21H,6,11-13,16H2,1H3,(H,26,28). The molecule has 0 bridgehead atoms. The van der Waals surface area contributed by atoms with Crippen LogP contribution in [0.4, 0.5) is 0 Å². The Labute approximate surface area is 171 Å². The highest BCUT2D eigenvalue weighted by Crippen LogP contribution is 2.24. The van der Waals surface area contributed by atoms with E-state index in [0.29, 0.717) is 0 Å². The molecule has 1 saturated heterocycles. The molecule has 29 heavy (non-hydrogen) atoms. The Hall–Kier alpha value is -3.14. The first-order valence-corrected chi connectivity index (χ1v) is 10.3. The third-order valence-electron chi connectivity index (χ3n) is 5.72. The minimum absolute atomic E-state index is 0.155. The van der Waals surface area contributed by atoms with E-state index in [1.54, 1.807) is 6.07 Å². The van der Waals surface area contributed by atoms with Gasteiger partial charge in [0.25, 0.3) is 11.5 Å². The average Bonchev–Trinajstić information content (AvgIpc) is 3.21. The molecule has 3 aromatic rings. The van der Waals surface area contributed by atoms with E-state index in [0.717, 1.165) is 49.0 Å². The summed E-state index contributed by atoms with van der Waals surface area (Å²) >= 11 is 0. The number of hydrogen-bond acceptors (Lipinski definition) is 2. The summed E-state index contributed by atoms with van der Waals surface area (Å²) in [5, 5.41) is 0. The van der Waals surface area contributed by atoms with Crippen molar-refractivity contribution in [1.82, 2.24) is 9.88 Å². The zero-order chi connectivity index (χ0) is 20.2. The molecule has 1 N–H and O–H groups in total. The Kier molecular flexibility index (Phi) is 5.61. The topological polar surface area (TPSA) is 53.2 Å². The normalized spacial score (nSPS) is 16.2. The zero-order valence-corrected chi connectivity index (χ0v) is 16.7. The molecule has 1 fully saturated rings. The third-order valence-corrected chi connectivity index (χ3v) is 5.72. The molecule has 0 spiro atoms. The van der Waals surface area contributed by atoms with Crippen LogP contribution in [0.25, 0.3) is 11.3 Å². The molecule has 1 atom stereocenters. The molecule has 2 heterocycles. The van der Waals surface area contributed by atoms with Gasteiger partial charge in [-0.25, -0.2) is 0 Å².